The Bertz CT molecular complexity index is 708. The molecule has 2 atom stereocenters. The lowest BCUT2D eigenvalue weighted by Gasteiger charge is -2.37. The molecule has 0 amide bonds. The fourth-order valence-electron chi connectivity index (χ4n) is 2.85. The molecule has 0 radical (unpaired) electrons. The van der Waals surface area contributed by atoms with Gasteiger partial charge in [0.2, 0.25) is 6.23 Å². The normalized spacial score (nSPS) is 25.3. The lowest BCUT2D eigenvalue weighted by molar-refractivity contribution is 0.0848. The third-order valence-corrected chi connectivity index (χ3v) is 5.32. The van der Waals surface area contributed by atoms with Gasteiger partial charge in [0.1, 0.15) is 12.5 Å². The lowest BCUT2D eigenvalue weighted by atomic mass is 10.2. The highest BCUT2D eigenvalue weighted by atomic mass is 32.1. The number of thiazole rings is 1. The molecule has 0 aliphatic carbocycles. The Kier molecular flexibility index (Phi) is 4.74. The number of aromatic nitrogens is 1. The van der Waals surface area contributed by atoms with Crippen molar-refractivity contribution in [3.05, 3.63) is 41.9 Å². The average Bonchev–Trinajstić information content (AvgIpc) is 3.08. The number of hydrogen-bond acceptors (Lipinski definition) is 5. The van der Waals surface area contributed by atoms with Gasteiger partial charge in [0, 0.05) is 6.54 Å². The zero-order valence-electron chi connectivity index (χ0n) is 12.8. The number of nitrogens with zero attached hydrogens (tertiary/aromatic N) is 3. The first kappa shape index (κ1) is 16.5. The summed E-state index contributed by atoms with van der Waals surface area (Å²) in [4.78, 5) is 6.21. The maximum absolute atomic E-state index is 13.8. The van der Waals surface area contributed by atoms with Gasteiger partial charge < -0.3 is 10.3 Å². The number of halogens is 1. The Morgan fingerprint density at radius 1 is 1.52 bits per heavy atom. The molecule has 1 aliphatic rings. The van der Waals surface area contributed by atoms with E-state index in [4.69, 9.17) is 0 Å². The minimum absolute atomic E-state index is 0.150. The van der Waals surface area contributed by atoms with Gasteiger partial charge in [-0.2, -0.15) is 4.98 Å². The maximum Gasteiger partial charge on any atom is 0.290 e. The molecule has 1 aliphatic heterocycles. The van der Waals surface area contributed by atoms with Crippen LogP contribution < -0.4 is 4.65 Å². The number of allylic oxidation sites excluding steroid dienone is 1. The molecule has 3 rings (SSSR count). The lowest BCUT2D eigenvalue weighted by Crippen LogP contribution is -2.48. The van der Waals surface area contributed by atoms with Crippen LogP contribution in [0.2, 0.25) is 0 Å². The molecule has 0 saturated carbocycles. The number of quaternary nitrogens is 1. The molecule has 1 fully saturated rings. The van der Waals surface area contributed by atoms with E-state index in [1.807, 2.05) is 11.0 Å². The summed E-state index contributed by atoms with van der Waals surface area (Å²) >= 11 is 1.03. The zero-order chi connectivity index (χ0) is 16.4. The number of unbranched alkanes of at least 4 members (excludes halogenated alkanes) is 2. The van der Waals surface area contributed by atoms with Crippen molar-refractivity contribution in [3.8, 4) is 0 Å². The summed E-state index contributed by atoms with van der Waals surface area (Å²) < 4.78 is 13.3. The van der Waals surface area contributed by atoms with E-state index in [0.29, 0.717) is 16.8 Å². The van der Waals surface area contributed by atoms with Crippen molar-refractivity contribution in [1.29, 1.82) is 0 Å². The average molecular weight is 337 g/mol. The monoisotopic (exact) mass is 337 g/mol. The minimum Gasteiger partial charge on any atom is -0.623 e. The number of benzene rings is 1. The van der Waals surface area contributed by atoms with Crippen molar-refractivity contribution in [2.75, 3.05) is 19.8 Å². The fourth-order valence-corrected chi connectivity index (χ4v) is 3.90. The Labute approximate surface area is 138 Å². The molecule has 0 spiro atoms. The van der Waals surface area contributed by atoms with Crippen LogP contribution >= 0.6 is 11.3 Å². The third kappa shape index (κ3) is 3.15. The number of hydroxylamine groups is 2. The standard InChI is InChI=1S/C16H20FN3O2S/c1-2-3-4-5-9-19-10-14(21)20(22,11-19)16-18-13-8-6-7-12(17)15(13)23-16/h2,6-8,14,21H,1,3-5,9-11H2. The number of rotatable bonds is 6. The predicted octanol–water partition coefficient (Wildman–Crippen LogP) is 3.19. The summed E-state index contributed by atoms with van der Waals surface area (Å²) in [5.41, 5.74) is 0.468. The smallest absolute Gasteiger partial charge is 0.290 e. The first-order chi connectivity index (χ1) is 11.0. The van der Waals surface area contributed by atoms with Gasteiger partial charge in [0.05, 0.1) is 16.8 Å². The molecule has 2 heterocycles. The summed E-state index contributed by atoms with van der Waals surface area (Å²) in [6.45, 7) is 4.91. The van der Waals surface area contributed by atoms with Crippen LogP contribution in [-0.2, 0) is 0 Å². The van der Waals surface area contributed by atoms with Crippen LogP contribution in [0.1, 0.15) is 19.3 Å². The van der Waals surface area contributed by atoms with Crippen molar-refractivity contribution >= 4 is 26.7 Å². The van der Waals surface area contributed by atoms with Crippen molar-refractivity contribution in [1.82, 2.24) is 14.5 Å². The van der Waals surface area contributed by atoms with Crippen molar-refractivity contribution in [3.63, 3.8) is 0 Å². The van der Waals surface area contributed by atoms with Crippen molar-refractivity contribution in [2.45, 2.75) is 25.5 Å². The second-order valence-corrected chi connectivity index (χ2v) is 6.84. The van der Waals surface area contributed by atoms with Gasteiger partial charge in [0.25, 0.3) is 5.13 Å². The molecular weight excluding hydrogens is 317 g/mol. The molecule has 23 heavy (non-hydrogen) atoms. The summed E-state index contributed by atoms with van der Waals surface area (Å²) in [5.74, 6) is -0.382. The Morgan fingerprint density at radius 2 is 2.35 bits per heavy atom. The first-order valence-corrected chi connectivity index (χ1v) is 8.52. The number of aliphatic hydroxyl groups is 1. The molecule has 124 valence electrons. The topological polar surface area (TPSA) is 59.4 Å². The van der Waals surface area contributed by atoms with Crippen LogP contribution in [-0.4, -0.2) is 41.0 Å². The quantitative estimate of drug-likeness (QED) is 0.381. The van der Waals surface area contributed by atoms with Gasteiger partial charge in [-0.3, -0.25) is 4.65 Å². The molecule has 2 aromatic rings. The largest absolute Gasteiger partial charge is 0.623 e. The van der Waals surface area contributed by atoms with E-state index in [-0.39, 0.29) is 17.6 Å². The maximum atomic E-state index is 13.8. The minimum atomic E-state index is -1.09. The van der Waals surface area contributed by atoms with Gasteiger partial charge in [-0.1, -0.05) is 23.5 Å². The predicted molar refractivity (Wildman–Crippen MR) is 91.2 cm³/mol. The summed E-state index contributed by atoms with van der Waals surface area (Å²) in [6.07, 6.45) is 3.71. The third-order valence-electron chi connectivity index (χ3n) is 4.13. The van der Waals surface area contributed by atoms with E-state index < -0.39 is 10.9 Å². The molecule has 1 saturated heterocycles. The summed E-state index contributed by atoms with van der Waals surface area (Å²) in [6, 6.07) is 4.61. The Hall–Kier alpha value is -1.38. The molecule has 1 aromatic heterocycles. The van der Waals surface area contributed by atoms with E-state index in [0.717, 1.165) is 37.1 Å². The number of aliphatic hydroxyl groups excluding tert-OH is 1. The summed E-state index contributed by atoms with van der Waals surface area (Å²) in [7, 11) is 0. The highest BCUT2D eigenvalue weighted by Gasteiger charge is 2.42. The Balaban J connectivity index is 1.77. The van der Waals surface area contributed by atoms with Gasteiger partial charge in [-0.15, -0.1) is 6.58 Å². The molecule has 5 nitrogen and oxygen atoms in total. The fraction of sp³-hybridized carbons (Fsp3) is 0.438. The van der Waals surface area contributed by atoms with Crippen molar-refractivity contribution < 1.29 is 9.50 Å². The van der Waals surface area contributed by atoms with Gasteiger partial charge in [-0.05, 0) is 31.4 Å². The van der Waals surface area contributed by atoms with Crippen LogP contribution in [0, 0.1) is 11.0 Å². The van der Waals surface area contributed by atoms with Gasteiger partial charge in [0.15, 0.2) is 0 Å². The van der Waals surface area contributed by atoms with Crippen LogP contribution in [0.5, 0.6) is 0 Å². The molecule has 0 bridgehead atoms. The van der Waals surface area contributed by atoms with Crippen LogP contribution in [0.3, 0.4) is 0 Å². The van der Waals surface area contributed by atoms with Crippen LogP contribution in [0.25, 0.3) is 10.2 Å². The second-order valence-electron chi connectivity index (χ2n) is 5.86. The SMILES string of the molecule is C=CCCCCN1CC(O)[N+]([O-])(c2nc3cccc(F)c3s2)C1. The zero-order valence-corrected chi connectivity index (χ0v) is 13.6. The van der Waals surface area contributed by atoms with E-state index >= 15 is 0 Å². The Morgan fingerprint density at radius 3 is 3.09 bits per heavy atom. The van der Waals surface area contributed by atoms with Crippen molar-refractivity contribution in [2.24, 2.45) is 0 Å². The van der Waals surface area contributed by atoms with E-state index in [1.165, 1.54) is 6.07 Å². The highest BCUT2D eigenvalue weighted by Crippen LogP contribution is 2.37. The molecule has 1 aromatic carbocycles. The number of β-amino-alcohol motifs (C(OH)–C–C–N with tert-alkyl or cyclic N) is 1. The van der Waals surface area contributed by atoms with Gasteiger partial charge in [-0.25, -0.2) is 9.29 Å². The number of hydrogen-bond donors (Lipinski definition) is 1. The molecule has 1 N–H and O–H groups in total. The summed E-state index contributed by atoms with van der Waals surface area (Å²) in [5, 5.41) is 23.5. The second kappa shape index (κ2) is 6.62. The molecule has 7 heteroatoms. The van der Waals surface area contributed by atoms with Gasteiger partial charge >= 0.3 is 0 Å². The van der Waals surface area contributed by atoms with E-state index in [9.17, 15) is 14.7 Å². The van der Waals surface area contributed by atoms with Crippen LogP contribution in [0.4, 0.5) is 9.52 Å². The van der Waals surface area contributed by atoms with E-state index in [1.54, 1.807) is 12.1 Å². The highest BCUT2D eigenvalue weighted by molar-refractivity contribution is 7.22. The first-order valence-electron chi connectivity index (χ1n) is 7.70. The molecule has 2 unspecified atom stereocenters. The number of fused-ring (bicyclic) bond motifs is 1. The van der Waals surface area contributed by atoms with E-state index in [2.05, 4.69) is 11.6 Å². The molecular formula is C16H20FN3O2S. The van der Waals surface area contributed by atoms with Crippen LogP contribution in [0.15, 0.2) is 30.9 Å².